The minimum Gasteiger partial charge on any atom is -0.377 e. The molecule has 0 aliphatic rings. The Bertz CT molecular complexity index is 1050. The van der Waals surface area contributed by atoms with Gasteiger partial charge in [0.2, 0.25) is 0 Å². The highest BCUT2D eigenvalue weighted by Gasteiger charge is 2.54. The standard InChI is InChI=1S/C28H26O2/c1-21-11-9-17-25(19-21)28(30,26-18-10-12-22(2)20-26)27(29,23-13-5-3-6-14-23)24-15-7-4-8-16-24/h3-20,29-30H,1-2H3. The zero-order valence-corrected chi connectivity index (χ0v) is 17.3. The first kappa shape index (κ1) is 20.1. The van der Waals surface area contributed by atoms with E-state index < -0.39 is 11.2 Å². The van der Waals surface area contributed by atoms with Crippen molar-refractivity contribution < 1.29 is 10.2 Å². The molecule has 0 amide bonds. The molecule has 0 aliphatic carbocycles. The highest BCUT2D eigenvalue weighted by atomic mass is 16.4. The Kier molecular flexibility index (Phi) is 5.29. The lowest BCUT2D eigenvalue weighted by Gasteiger charge is -2.45. The zero-order chi connectivity index (χ0) is 21.2. The van der Waals surface area contributed by atoms with Crippen LogP contribution in [0.5, 0.6) is 0 Å². The maximum atomic E-state index is 12.6. The lowest BCUT2D eigenvalue weighted by molar-refractivity contribution is -0.113. The summed E-state index contributed by atoms with van der Waals surface area (Å²) >= 11 is 0. The van der Waals surface area contributed by atoms with Crippen LogP contribution in [-0.2, 0) is 11.2 Å². The van der Waals surface area contributed by atoms with Gasteiger partial charge in [0, 0.05) is 0 Å². The molecule has 4 aromatic carbocycles. The zero-order valence-electron chi connectivity index (χ0n) is 17.3. The average molecular weight is 395 g/mol. The summed E-state index contributed by atoms with van der Waals surface area (Å²) < 4.78 is 0. The molecule has 2 heteroatoms. The number of rotatable bonds is 5. The molecule has 0 spiro atoms. The smallest absolute Gasteiger partial charge is 0.152 e. The van der Waals surface area contributed by atoms with Crippen LogP contribution in [0.4, 0.5) is 0 Å². The minimum absolute atomic E-state index is 0.627. The van der Waals surface area contributed by atoms with Gasteiger partial charge < -0.3 is 10.2 Å². The molecule has 30 heavy (non-hydrogen) atoms. The minimum atomic E-state index is -1.71. The number of benzene rings is 4. The molecule has 2 nitrogen and oxygen atoms in total. The molecule has 0 atom stereocenters. The molecule has 0 aliphatic heterocycles. The molecule has 0 saturated carbocycles. The molecule has 150 valence electrons. The highest BCUT2D eigenvalue weighted by Crippen LogP contribution is 2.49. The van der Waals surface area contributed by atoms with Crippen molar-refractivity contribution in [2.75, 3.05) is 0 Å². The second-order valence-electron chi connectivity index (χ2n) is 7.89. The van der Waals surface area contributed by atoms with Crippen molar-refractivity contribution >= 4 is 0 Å². The van der Waals surface area contributed by atoms with Crippen LogP contribution in [0.2, 0.25) is 0 Å². The molecule has 0 bridgehead atoms. The topological polar surface area (TPSA) is 40.5 Å². The van der Waals surface area contributed by atoms with Crippen LogP contribution < -0.4 is 0 Å². The third kappa shape index (κ3) is 3.24. The SMILES string of the molecule is Cc1cccc(C(O)(c2cccc(C)c2)C(O)(c2ccccc2)c2ccccc2)c1. The van der Waals surface area contributed by atoms with E-state index >= 15 is 0 Å². The molecule has 0 aromatic heterocycles. The van der Waals surface area contributed by atoms with Crippen molar-refractivity contribution in [3.8, 4) is 0 Å². The van der Waals surface area contributed by atoms with Gasteiger partial charge in [0.25, 0.3) is 0 Å². The first-order valence-corrected chi connectivity index (χ1v) is 10.2. The highest BCUT2D eigenvalue weighted by molar-refractivity contribution is 5.51. The number of aliphatic hydroxyl groups is 2. The van der Waals surface area contributed by atoms with Gasteiger partial charge in [0.05, 0.1) is 0 Å². The van der Waals surface area contributed by atoms with E-state index in [1.165, 1.54) is 0 Å². The van der Waals surface area contributed by atoms with Gasteiger partial charge in [-0.15, -0.1) is 0 Å². The summed E-state index contributed by atoms with van der Waals surface area (Å²) in [6, 6.07) is 34.3. The van der Waals surface area contributed by atoms with Crippen LogP contribution in [0.1, 0.15) is 33.4 Å². The first-order valence-electron chi connectivity index (χ1n) is 10.2. The molecular weight excluding hydrogens is 368 g/mol. The van der Waals surface area contributed by atoms with Crippen LogP contribution >= 0.6 is 0 Å². The van der Waals surface area contributed by atoms with E-state index in [0.717, 1.165) is 11.1 Å². The largest absolute Gasteiger partial charge is 0.377 e. The van der Waals surface area contributed by atoms with Crippen molar-refractivity contribution in [1.82, 2.24) is 0 Å². The van der Waals surface area contributed by atoms with Gasteiger partial charge >= 0.3 is 0 Å². The number of hydrogen-bond donors (Lipinski definition) is 2. The summed E-state index contributed by atoms with van der Waals surface area (Å²) in [5.74, 6) is 0. The molecule has 4 rings (SSSR count). The second-order valence-corrected chi connectivity index (χ2v) is 7.89. The Morgan fingerprint density at radius 2 is 0.767 bits per heavy atom. The molecule has 4 aromatic rings. The number of hydrogen-bond acceptors (Lipinski definition) is 2. The maximum Gasteiger partial charge on any atom is 0.152 e. The van der Waals surface area contributed by atoms with Gasteiger partial charge in [-0.2, -0.15) is 0 Å². The molecule has 0 fully saturated rings. The lowest BCUT2D eigenvalue weighted by atomic mass is 9.66. The van der Waals surface area contributed by atoms with Crippen molar-refractivity contribution in [3.05, 3.63) is 143 Å². The van der Waals surface area contributed by atoms with Gasteiger partial charge in [0.1, 0.15) is 0 Å². The summed E-state index contributed by atoms with van der Waals surface area (Å²) in [5, 5.41) is 25.1. The van der Waals surface area contributed by atoms with E-state index in [1.807, 2.05) is 123 Å². The van der Waals surface area contributed by atoms with Gasteiger partial charge in [-0.05, 0) is 36.1 Å². The van der Waals surface area contributed by atoms with Crippen molar-refractivity contribution in [3.63, 3.8) is 0 Å². The quantitative estimate of drug-likeness (QED) is 0.471. The van der Waals surface area contributed by atoms with Crippen LogP contribution in [0.15, 0.2) is 109 Å². The Morgan fingerprint density at radius 3 is 1.13 bits per heavy atom. The molecule has 0 heterocycles. The second kappa shape index (κ2) is 7.91. The number of aryl methyl sites for hydroxylation is 2. The maximum absolute atomic E-state index is 12.6. The molecule has 2 N–H and O–H groups in total. The Hall–Kier alpha value is -3.20. The van der Waals surface area contributed by atoms with Gasteiger partial charge in [-0.3, -0.25) is 0 Å². The fraction of sp³-hybridized carbons (Fsp3) is 0.143. The van der Waals surface area contributed by atoms with E-state index in [1.54, 1.807) is 0 Å². The molecule has 0 saturated heterocycles. The fourth-order valence-electron chi connectivity index (χ4n) is 4.27. The predicted molar refractivity (Wildman–Crippen MR) is 121 cm³/mol. The predicted octanol–water partition coefficient (Wildman–Crippen LogP) is 5.48. The van der Waals surface area contributed by atoms with Crippen LogP contribution in [0.3, 0.4) is 0 Å². The van der Waals surface area contributed by atoms with E-state index in [-0.39, 0.29) is 0 Å². The van der Waals surface area contributed by atoms with E-state index in [9.17, 15) is 10.2 Å². The van der Waals surface area contributed by atoms with Crippen LogP contribution in [0.25, 0.3) is 0 Å². The van der Waals surface area contributed by atoms with Crippen molar-refractivity contribution in [1.29, 1.82) is 0 Å². The van der Waals surface area contributed by atoms with Crippen LogP contribution in [-0.4, -0.2) is 10.2 Å². The average Bonchev–Trinajstić information content (AvgIpc) is 2.79. The van der Waals surface area contributed by atoms with E-state index in [2.05, 4.69) is 0 Å². The summed E-state index contributed by atoms with van der Waals surface area (Å²) in [4.78, 5) is 0. The summed E-state index contributed by atoms with van der Waals surface area (Å²) in [7, 11) is 0. The van der Waals surface area contributed by atoms with Crippen molar-refractivity contribution in [2.45, 2.75) is 25.0 Å². The third-order valence-corrected chi connectivity index (χ3v) is 5.78. The van der Waals surface area contributed by atoms with Gasteiger partial charge in [-0.1, -0.05) is 120 Å². The van der Waals surface area contributed by atoms with Crippen LogP contribution in [0, 0.1) is 13.8 Å². The first-order chi connectivity index (χ1) is 14.5. The summed E-state index contributed by atoms with van der Waals surface area (Å²) in [5.41, 5.74) is 1.14. The summed E-state index contributed by atoms with van der Waals surface area (Å²) in [6.45, 7) is 3.98. The Morgan fingerprint density at radius 1 is 0.433 bits per heavy atom. The van der Waals surface area contributed by atoms with Crippen molar-refractivity contribution in [2.24, 2.45) is 0 Å². The lowest BCUT2D eigenvalue weighted by Crippen LogP contribution is -2.51. The monoisotopic (exact) mass is 394 g/mol. The van der Waals surface area contributed by atoms with E-state index in [4.69, 9.17) is 0 Å². The Balaban J connectivity index is 2.12. The fourth-order valence-corrected chi connectivity index (χ4v) is 4.27. The summed E-state index contributed by atoms with van der Waals surface area (Å²) in [6.07, 6.45) is 0. The molecular formula is C28H26O2. The Labute approximate surface area is 178 Å². The normalized spacial score (nSPS) is 12.0. The van der Waals surface area contributed by atoms with Gasteiger partial charge in [-0.25, -0.2) is 0 Å². The molecule has 0 radical (unpaired) electrons. The third-order valence-electron chi connectivity index (χ3n) is 5.78. The molecule has 0 unspecified atom stereocenters. The van der Waals surface area contributed by atoms with E-state index in [0.29, 0.717) is 22.3 Å². The van der Waals surface area contributed by atoms with Gasteiger partial charge in [0.15, 0.2) is 11.2 Å².